The summed E-state index contributed by atoms with van der Waals surface area (Å²) >= 11 is 0. The number of carbonyl (C=O) groups excluding carboxylic acids is 1. The van der Waals surface area contributed by atoms with Crippen molar-refractivity contribution in [3.05, 3.63) is 17.8 Å². The van der Waals surface area contributed by atoms with Crippen molar-refractivity contribution < 1.29 is 9.53 Å². The standard InChI is InChI=1S/C15H24N4O2/c1-4-21-15(20)12-7-8-17-14(13(12)16)19-9-5-6-11(19)10-18(2)3/h7-8,11H,4-6,9-10,16H2,1-3H3. The highest BCUT2D eigenvalue weighted by molar-refractivity contribution is 5.97. The second kappa shape index (κ2) is 6.76. The number of ether oxygens (including phenoxy) is 1. The molecule has 2 heterocycles. The third kappa shape index (κ3) is 3.44. The third-order valence-electron chi connectivity index (χ3n) is 3.69. The smallest absolute Gasteiger partial charge is 0.340 e. The summed E-state index contributed by atoms with van der Waals surface area (Å²) in [5, 5.41) is 0. The van der Waals surface area contributed by atoms with Crippen LogP contribution in [0.5, 0.6) is 0 Å². The zero-order valence-corrected chi connectivity index (χ0v) is 13.0. The van der Waals surface area contributed by atoms with Crippen LogP contribution in [0.3, 0.4) is 0 Å². The van der Waals surface area contributed by atoms with Gasteiger partial charge in [0.1, 0.15) is 0 Å². The van der Waals surface area contributed by atoms with Crippen LogP contribution in [-0.4, -0.2) is 55.7 Å². The number of pyridine rings is 1. The van der Waals surface area contributed by atoms with Crippen molar-refractivity contribution in [2.45, 2.75) is 25.8 Å². The Labute approximate surface area is 125 Å². The maximum absolute atomic E-state index is 11.9. The highest BCUT2D eigenvalue weighted by Gasteiger charge is 2.28. The molecule has 1 aromatic rings. The van der Waals surface area contributed by atoms with Crippen molar-refractivity contribution in [1.29, 1.82) is 0 Å². The first kappa shape index (κ1) is 15.6. The largest absolute Gasteiger partial charge is 0.462 e. The van der Waals surface area contributed by atoms with Gasteiger partial charge >= 0.3 is 5.97 Å². The van der Waals surface area contributed by atoms with Gasteiger partial charge in [0.25, 0.3) is 0 Å². The first-order chi connectivity index (χ1) is 10.0. The first-order valence-electron chi connectivity index (χ1n) is 7.37. The van der Waals surface area contributed by atoms with E-state index in [1.165, 1.54) is 0 Å². The maximum Gasteiger partial charge on any atom is 0.340 e. The summed E-state index contributed by atoms with van der Waals surface area (Å²) in [7, 11) is 4.12. The van der Waals surface area contributed by atoms with E-state index >= 15 is 0 Å². The lowest BCUT2D eigenvalue weighted by Gasteiger charge is -2.29. The van der Waals surface area contributed by atoms with Crippen LogP contribution in [0.2, 0.25) is 0 Å². The van der Waals surface area contributed by atoms with Crippen molar-refractivity contribution in [2.24, 2.45) is 0 Å². The Morgan fingerprint density at radius 1 is 1.57 bits per heavy atom. The molecule has 1 saturated heterocycles. The number of rotatable bonds is 5. The van der Waals surface area contributed by atoms with Gasteiger partial charge in [0.15, 0.2) is 5.82 Å². The van der Waals surface area contributed by atoms with Crippen molar-refractivity contribution >= 4 is 17.5 Å². The molecule has 6 nitrogen and oxygen atoms in total. The van der Waals surface area contributed by atoms with E-state index in [1.807, 2.05) is 0 Å². The number of likely N-dealkylation sites (N-methyl/N-ethyl adjacent to an activating group) is 1. The number of carbonyl (C=O) groups is 1. The van der Waals surface area contributed by atoms with Crippen LogP contribution in [0.15, 0.2) is 12.3 Å². The van der Waals surface area contributed by atoms with E-state index in [0.29, 0.717) is 29.7 Å². The summed E-state index contributed by atoms with van der Waals surface area (Å²) in [5.74, 6) is 0.312. The minimum absolute atomic E-state index is 0.336. The maximum atomic E-state index is 11.9. The number of nitrogens with two attached hydrogens (primary N) is 1. The molecule has 6 heteroatoms. The fraction of sp³-hybridized carbons (Fsp3) is 0.600. The van der Waals surface area contributed by atoms with E-state index in [9.17, 15) is 4.79 Å². The molecule has 1 aliphatic heterocycles. The molecular formula is C15H24N4O2. The summed E-state index contributed by atoms with van der Waals surface area (Å²) < 4.78 is 5.04. The third-order valence-corrected chi connectivity index (χ3v) is 3.69. The molecule has 2 rings (SSSR count). The van der Waals surface area contributed by atoms with Crippen molar-refractivity contribution in [2.75, 3.05) is 44.4 Å². The Morgan fingerprint density at radius 2 is 2.33 bits per heavy atom. The molecule has 0 radical (unpaired) electrons. The molecule has 0 bridgehead atoms. The van der Waals surface area contributed by atoms with Gasteiger partial charge in [-0.2, -0.15) is 0 Å². The van der Waals surface area contributed by atoms with Gasteiger partial charge in [-0.1, -0.05) is 0 Å². The lowest BCUT2D eigenvalue weighted by atomic mass is 10.2. The minimum Gasteiger partial charge on any atom is -0.462 e. The molecule has 2 N–H and O–H groups in total. The Balaban J connectivity index is 2.27. The van der Waals surface area contributed by atoms with E-state index in [4.69, 9.17) is 10.5 Å². The van der Waals surface area contributed by atoms with Crippen LogP contribution >= 0.6 is 0 Å². The molecule has 0 aliphatic carbocycles. The van der Waals surface area contributed by atoms with Gasteiger partial charge < -0.3 is 20.3 Å². The molecule has 0 amide bonds. The summed E-state index contributed by atoms with van der Waals surface area (Å²) in [6.45, 7) is 3.99. The van der Waals surface area contributed by atoms with Crippen LogP contribution in [0.1, 0.15) is 30.1 Å². The highest BCUT2D eigenvalue weighted by Crippen LogP contribution is 2.30. The topological polar surface area (TPSA) is 71.7 Å². The average molecular weight is 292 g/mol. The summed E-state index contributed by atoms with van der Waals surface area (Å²) in [4.78, 5) is 20.7. The molecule has 0 spiro atoms. The monoisotopic (exact) mass is 292 g/mol. The number of hydrogen-bond donors (Lipinski definition) is 1. The Morgan fingerprint density at radius 3 is 3.00 bits per heavy atom. The molecule has 1 aliphatic rings. The molecular weight excluding hydrogens is 268 g/mol. The van der Waals surface area contributed by atoms with E-state index in [1.54, 1.807) is 19.2 Å². The van der Waals surface area contributed by atoms with Gasteiger partial charge in [0, 0.05) is 25.3 Å². The van der Waals surface area contributed by atoms with Gasteiger partial charge in [-0.25, -0.2) is 9.78 Å². The number of esters is 1. The van der Waals surface area contributed by atoms with Gasteiger partial charge in [-0.15, -0.1) is 0 Å². The van der Waals surface area contributed by atoms with Crippen molar-refractivity contribution in [1.82, 2.24) is 9.88 Å². The number of anilines is 2. The van der Waals surface area contributed by atoms with Gasteiger partial charge in [0.05, 0.1) is 17.9 Å². The molecule has 116 valence electrons. The quantitative estimate of drug-likeness (QED) is 0.827. The molecule has 1 aromatic heterocycles. The summed E-state index contributed by atoms with van der Waals surface area (Å²) in [6.07, 6.45) is 3.86. The van der Waals surface area contributed by atoms with Crippen LogP contribution in [0.25, 0.3) is 0 Å². The Bertz CT molecular complexity index is 504. The molecule has 0 saturated carbocycles. The normalized spacial score (nSPS) is 18.3. The Kier molecular flexibility index (Phi) is 5.01. The van der Waals surface area contributed by atoms with Crippen LogP contribution in [0.4, 0.5) is 11.5 Å². The predicted molar refractivity (Wildman–Crippen MR) is 83.5 cm³/mol. The summed E-state index contributed by atoms with van der Waals surface area (Å²) in [6, 6.07) is 2.00. The zero-order valence-electron chi connectivity index (χ0n) is 13.0. The number of hydrogen-bond acceptors (Lipinski definition) is 6. The molecule has 1 atom stereocenters. The number of nitrogens with zero attached hydrogens (tertiary/aromatic N) is 3. The number of nitrogen functional groups attached to an aromatic ring is 1. The highest BCUT2D eigenvalue weighted by atomic mass is 16.5. The lowest BCUT2D eigenvalue weighted by molar-refractivity contribution is 0.0527. The molecule has 1 fully saturated rings. The average Bonchev–Trinajstić information content (AvgIpc) is 2.86. The second-order valence-corrected chi connectivity index (χ2v) is 5.57. The SMILES string of the molecule is CCOC(=O)c1ccnc(N2CCCC2CN(C)C)c1N. The van der Waals surface area contributed by atoms with E-state index in [0.717, 1.165) is 25.9 Å². The molecule has 1 unspecified atom stereocenters. The van der Waals surface area contributed by atoms with E-state index in [-0.39, 0.29) is 5.97 Å². The van der Waals surface area contributed by atoms with Crippen molar-refractivity contribution in [3.8, 4) is 0 Å². The van der Waals surface area contributed by atoms with Crippen LogP contribution in [0, 0.1) is 0 Å². The van der Waals surface area contributed by atoms with Gasteiger partial charge in [-0.05, 0) is 39.9 Å². The zero-order chi connectivity index (χ0) is 15.4. The second-order valence-electron chi connectivity index (χ2n) is 5.57. The fourth-order valence-electron chi connectivity index (χ4n) is 2.80. The lowest BCUT2D eigenvalue weighted by Crippen LogP contribution is -2.38. The predicted octanol–water partition coefficient (Wildman–Crippen LogP) is 1.37. The first-order valence-corrected chi connectivity index (χ1v) is 7.37. The number of aromatic nitrogens is 1. The van der Waals surface area contributed by atoms with Crippen LogP contribution < -0.4 is 10.6 Å². The summed E-state index contributed by atoms with van der Waals surface area (Å²) in [5.41, 5.74) is 6.99. The van der Waals surface area contributed by atoms with Gasteiger partial charge in [-0.3, -0.25) is 0 Å². The van der Waals surface area contributed by atoms with E-state index in [2.05, 4.69) is 28.9 Å². The van der Waals surface area contributed by atoms with Gasteiger partial charge in [0.2, 0.25) is 0 Å². The molecule has 0 aromatic carbocycles. The minimum atomic E-state index is -0.387. The molecule has 21 heavy (non-hydrogen) atoms. The van der Waals surface area contributed by atoms with Crippen LogP contribution in [-0.2, 0) is 4.74 Å². The fourth-order valence-corrected chi connectivity index (χ4v) is 2.80. The van der Waals surface area contributed by atoms with E-state index < -0.39 is 0 Å². The Hall–Kier alpha value is -1.82. The van der Waals surface area contributed by atoms with Crippen molar-refractivity contribution in [3.63, 3.8) is 0 Å².